The van der Waals surface area contributed by atoms with Crippen molar-refractivity contribution in [2.75, 3.05) is 4.90 Å². The lowest BCUT2D eigenvalue weighted by molar-refractivity contribution is 0.628. The lowest BCUT2D eigenvalue weighted by Crippen LogP contribution is -2.10. The molecule has 0 saturated heterocycles. The molecule has 0 N–H and O–H groups in total. The Morgan fingerprint density at radius 2 is 0.962 bits per heavy atom. The van der Waals surface area contributed by atoms with Crippen molar-refractivity contribution in [3.63, 3.8) is 0 Å². The fraction of sp³-hybridized carbons (Fsp3) is 0. The second kappa shape index (κ2) is 12.1. The summed E-state index contributed by atoms with van der Waals surface area (Å²) in [6, 6.07) is 62.1. The SMILES string of the molecule is Fc1cccc(N(c2ccc(-c3ccccc3)cc2)c2cc(Cl)c3c4cccc5c6ccccc6c6ccccc6c6ccccc6n(c3c2)c54)c1. The van der Waals surface area contributed by atoms with Crippen LogP contribution in [0.3, 0.4) is 0 Å². The fourth-order valence-corrected chi connectivity index (χ4v) is 8.33. The first-order valence-corrected chi connectivity index (χ1v) is 17.8. The number of halogens is 2. The summed E-state index contributed by atoms with van der Waals surface area (Å²) in [6.45, 7) is 0. The van der Waals surface area contributed by atoms with Crippen LogP contribution >= 0.6 is 11.6 Å². The molecule has 0 bridgehead atoms. The summed E-state index contributed by atoms with van der Waals surface area (Å²) in [6.07, 6.45) is 0. The van der Waals surface area contributed by atoms with Gasteiger partial charge in [0.15, 0.2) is 0 Å². The van der Waals surface area contributed by atoms with Crippen LogP contribution in [0.15, 0.2) is 182 Å². The molecule has 2 aromatic heterocycles. The third-order valence-corrected chi connectivity index (χ3v) is 10.5. The molecule has 0 radical (unpaired) electrons. The zero-order valence-corrected chi connectivity index (χ0v) is 28.7. The highest BCUT2D eigenvalue weighted by atomic mass is 35.5. The molecule has 0 aliphatic carbocycles. The van der Waals surface area contributed by atoms with E-state index in [2.05, 4.69) is 143 Å². The first-order valence-electron chi connectivity index (χ1n) is 17.4. The smallest absolute Gasteiger partial charge is 0.125 e. The molecule has 0 aliphatic rings. The number of hydrogen-bond acceptors (Lipinski definition) is 1. The van der Waals surface area contributed by atoms with E-state index in [9.17, 15) is 4.39 Å². The van der Waals surface area contributed by atoms with Gasteiger partial charge in [0.05, 0.1) is 21.6 Å². The van der Waals surface area contributed by atoms with Gasteiger partial charge in [-0.05, 0) is 81.2 Å². The molecule has 0 spiro atoms. The molecule has 2 nitrogen and oxygen atoms in total. The van der Waals surface area contributed by atoms with E-state index in [0.29, 0.717) is 10.7 Å². The van der Waals surface area contributed by atoms with E-state index in [0.717, 1.165) is 71.4 Å². The van der Waals surface area contributed by atoms with Gasteiger partial charge in [0.2, 0.25) is 0 Å². The van der Waals surface area contributed by atoms with Crippen molar-refractivity contribution >= 4 is 88.3 Å². The minimum absolute atomic E-state index is 0.306. The van der Waals surface area contributed by atoms with Crippen LogP contribution in [-0.4, -0.2) is 4.40 Å². The van der Waals surface area contributed by atoms with Crippen molar-refractivity contribution < 1.29 is 4.39 Å². The van der Waals surface area contributed by atoms with Crippen LogP contribution < -0.4 is 4.90 Å². The average molecular weight is 689 g/mol. The largest absolute Gasteiger partial charge is 0.310 e. The molecule has 10 aromatic rings. The molecule has 0 saturated carbocycles. The van der Waals surface area contributed by atoms with E-state index >= 15 is 0 Å². The van der Waals surface area contributed by atoms with Gasteiger partial charge >= 0.3 is 0 Å². The topological polar surface area (TPSA) is 7.65 Å². The number of rotatable bonds is 4. The molecule has 0 unspecified atom stereocenters. The third kappa shape index (κ3) is 4.78. The summed E-state index contributed by atoms with van der Waals surface area (Å²) < 4.78 is 17.3. The maximum absolute atomic E-state index is 15.0. The molecular formula is C48H30ClFN2. The monoisotopic (exact) mass is 688 g/mol. The number of anilines is 3. The normalized spacial score (nSPS) is 11.7. The van der Waals surface area contributed by atoms with Gasteiger partial charge < -0.3 is 9.30 Å². The molecule has 0 aliphatic heterocycles. The van der Waals surface area contributed by atoms with E-state index in [1.54, 1.807) is 12.1 Å². The van der Waals surface area contributed by atoms with Gasteiger partial charge in [0, 0.05) is 38.6 Å². The third-order valence-electron chi connectivity index (χ3n) is 10.3. The highest BCUT2D eigenvalue weighted by molar-refractivity contribution is 6.39. The van der Waals surface area contributed by atoms with Crippen molar-refractivity contribution in [3.8, 4) is 11.1 Å². The molecule has 0 fully saturated rings. The van der Waals surface area contributed by atoms with E-state index < -0.39 is 0 Å². The van der Waals surface area contributed by atoms with Crippen molar-refractivity contribution in [1.29, 1.82) is 0 Å². The number of fused-ring (bicyclic) bond motifs is 10. The van der Waals surface area contributed by atoms with Gasteiger partial charge in [0.1, 0.15) is 5.82 Å². The minimum atomic E-state index is -0.306. The lowest BCUT2D eigenvalue weighted by atomic mass is 10.0. The van der Waals surface area contributed by atoms with E-state index in [1.165, 1.54) is 16.8 Å². The predicted octanol–water partition coefficient (Wildman–Crippen LogP) is 14.2. The molecule has 52 heavy (non-hydrogen) atoms. The maximum Gasteiger partial charge on any atom is 0.125 e. The van der Waals surface area contributed by atoms with Crippen LogP contribution in [0.25, 0.3) is 70.8 Å². The molecule has 10 rings (SSSR count). The maximum atomic E-state index is 15.0. The van der Waals surface area contributed by atoms with Gasteiger partial charge in [-0.2, -0.15) is 0 Å². The summed E-state index contributed by atoms with van der Waals surface area (Å²) in [5.74, 6) is -0.306. The zero-order chi connectivity index (χ0) is 34.8. The standard InChI is InChI=1S/C48H30ClFN2/c49-44-29-36(51(35-15-10-14-33(50)28-35)34-26-24-32(25-27-34)31-12-2-1-3-13-31)30-46-47(44)43-22-11-21-42-40-19-7-5-17-38(40)37-16-4-6-18-39(37)41-20-8-9-23-45(41)52(46)48(42)43/h1-30H. The van der Waals surface area contributed by atoms with Crippen molar-refractivity contribution in [2.24, 2.45) is 0 Å². The summed E-state index contributed by atoms with van der Waals surface area (Å²) in [5.41, 5.74) is 7.79. The van der Waals surface area contributed by atoms with Crippen LogP contribution in [0.4, 0.5) is 21.5 Å². The zero-order valence-electron chi connectivity index (χ0n) is 28.0. The lowest BCUT2D eigenvalue weighted by Gasteiger charge is -2.26. The molecule has 246 valence electrons. The van der Waals surface area contributed by atoms with E-state index in [4.69, 9.17) is 11.6 Å². The van der Waals surface area contributed by atoms with Gasteiger partial charge in [-0.3, -0.25) is 0 Å². The van der Waals surface area contributed by atoms with Crippen LogP contribution in [0, 0.1) is 5.82 Å². The van der Waals surface area contributed by atoms with Crippen molar-refractivity contribution in [2.45, 2.75) is 0 Å². The minimum Gasteiger partial charge on any atom is -0.310 e. The van der Waals surface area contributed by atoms with E-state index in [1.807, 2.05) is 30.3 Å². The fourth-order valence-electron chi connectivity index (χ4n) is 8.02. The van der Waals surface area contributed by atoms with Gasteiger partial charge in [-0.25, -0.2) is 4.39 Å². The molecule has 0 atom stereocenters. The predicted molar refractivity (Wildman–Crippen MR) is 219 cm³/mol. The number of hydrogen-bond donors (Lipinski definition) is 0. The number of nitrogens with zero attached hydrogens (tertiary/aromatic N) is 2. The number of aromatic nitrogens is 1. The Labute approximate surface area is 304 Å². The quantitative estimate of drug-likeness (QED) is 0.179. The van der Waals surface area contributed by atoms with Crippen molar-refractivity contribution in [3.05, 3.63) is 193 Å². The Bertz CT molecular complexity index is 3040. The van der Waals surface area contributed by atoms with Crippen LogP contribution in [0.2, 0.25) is 5.02 Å². The first-order chi connectivity index (χ1) is 25.6. The highest BCUT2D eigenvalue weighted by Crippen LogP contribution is 2.45. The Kier molecular flexibility index (Phi) is 7.09. The molecule has 4 heteroatoms. The number of benzene rings is 8. The van der Waals surface area contributed by atoms with Crippen molar-refractivity contribution in [1.82, 2.24) is 4.40 Å². The second-order valence-electron chi connectivity index (χ2n) is 13.2. The summed E-state index contributed by atoms with van der Waals surface area (Å²) in [4.78, 5) is 2.08. The van der Waals surface area contributed by atoms with Gasteiger partial charge in [-0.1, -0.05) is 145 Å². The molecular weight excluding hydrogens is 659 g/mol. The molecule has 2 heterocycles. The Morgan fingerprint density at radius 3 is 1.67 bits per heavy atom. The molecule has 0 amide bonds. The summed E-state index contributed by atoms with van der Waals surface area (Å²) in [7, 11) is 0. The Morgan fingerprint density at radius 1 is 0.404 bits per heavy atom. The van der Waals surface area contributed by atoms with Gasteiger partial charge in [0.25, 0.3) is 0 Å². The summed E-state index contributed by atoms with van der Waals surface area (Å²) in [5, 5.41) is 9.62. The number of para-hydroxylation sites is 2. The Hall–Kier alpha value is -6.42. The van der Waals surface area contributed by atoms with Crippen LogP contribution in [-0.2, 0) is 0 Å². The Balaban J connectivity index is 1.36. The average Bonchev–Trinajstić information content (AvgIpc) is 3.55. The van der Waals surface area contributed by atoms with Crippen LogP contribution in [0.5, 0.6) is 0 Å². The summed E-state index contributed by atoms with van der Waals surface area (Å²) >= 11 is 7.45. The highest BCUT2D eigenvalue weighted by Gasteiger charge is 2.21. The van der Waals surface area contributed by atoms with E-state index in [-0.39, 0.29) is 5.82 Å². The molecule has 8 aromatic carbocycles. The first kappa shape index (κ1) is 30.4. The van der Waals surface area contributed by atoms with Gasteiger partial charge in [-0.15, -0.1) is 0 Å². The second-order valence-corrected chi connectivity index (χ2v) is 13.6. The van der Waals surface area contributed by atoms with Crippen LogP contribution in [0.1, 0.15) is 0 Å².